The van der Waals surface area contributed by atoms with Gasteiger partial charge in [-0.1, -0.05) is 59.1 Å². The van der Waals surface area contributed by atoms with Gasteiger partial charge in [0, 0.05) is 26.3 Å². The number of phenols is 1. The molecule has 0 radical (unpaired) electrons. The molecule has 8 rings (SSSR count). The zero-order chi connectivity index (χ0) is 38.4. The Balaban J connectivity index is 1.32. The van der Waals surface area contributed by atoms with Gasteiger partial charge in [0.1, 0.15) is 0 Å². The van der Waals surface area contributed by atoms with E-state index in [2.05, 4.69) is 33.0 Å². The average molecular weight is 891 g/mol. The van der Waals surface area contributed by atoms with E-state index < -0.39 is 92.8 Å². The SMILES string of the molecule is O=C1C2CC3C(=CCC4C(=O)N(c5ccc(I)cc5)C(=O)C43)C(c3cccc(F)c3O)C2(c2ccc(Cl)cc2)C(=O)N1Nc1ncc(C(F)(F)F)cc1Cl. The van der Waals surface area contributed by atoms with E-state index in [0.29, 0.717) is 33.6 Å². The highest BCUT2D eigenvalue weighted by molar-refractivity contribution is 14.1. The summed E-state index contributed by atoms with van der Waals surface area (Å²) in [6.07, 6.45) is -2.61. The molecular formula is C38H25Cl2F4IN4O5. The number of carbonyl (C=O) groups is 4. The number of pyridine rings is 1. The normalized spacial score (nSPS) is 26.4. The van der Waals surface area contributed by atoms with Crippen LogP contribution in [0.25, 0.3) is 0 Å². The van der Waals surface area contributed by atoms with E-state index >= 15 is 9.18 Å². The van der Waals surface area contributed by atoms with E-state index in [0.717, 1.165) is 14.5 Å². The monoisotopic (exact) mass is 890 g/mol. The summed E-state index contributed by atoms with van der Waals surface area (Å²) < 4.78 is 56.5. The van der Waals surface area contributed by atoms with Crippen molar-refractivity contribution in [2.75, 3.05) is 10.3 Å². The number of hydrogen-bond acceptors (Lipinski definition) is 7. The van der Waals surface area contributed by atoms with Gasteiger partial charge in [0.15, 0.2) is 17.4 Å². The van der Waals surface area contributed by atoms with Gasteiger partial charge in [-0.15, -0.1) is 0 Å². The Bertz CT molecular complexity index is 2310. The summed E-state index contributed by atoms with van der Waals surface area (Å²) in [4.78, 5) is 63.2. The third kappa shape index (κ3) is 5.42. The first kappa shape index (κ1) is 36.4. The lowest BCUT2D eigenvalue weighted by Crippen LogP contribution is -2.53. The number of benzene rings is 3. The van der Waals surface area contributed by atoms with E-state index in [9.17, 15) is 32.7 Å². The molecule has 16 heteroatoms. The van der Waals surface area contributed by atoms with Gasteiger partial charge in [-0.2, -0.15) is 18.2 Å². The smallest absolute Gasteiger partial charge is 0.417 e. The van der Waals surface area contributed by atoms with Crippen molar-refractivity contribution in [2.45, 2.75) is 30.4 Å². The molecule has 54 heavy (non-hydrogen) atoms. The summed E-state index contributed by atoms with van der Waals surface area (Å²) in [6, 6.07) is 17.3. The number of aromatic hydroxyl groups is 1. The molecule has 1 saturated carbocycles. The number of alkyl halides is 3. The number of anilines is 2. The lowest BCUT2D eigenvalue weighted by Gasteiger charge is -2.50. The predicted molar refractivity (Wildman–Crippen MR) is 197 cm³/mol. The number of hydrazine groups is 1. The molecule has 3 fully saturated rings. The molecule has 0 bridgehead atoms. The lowest BCUT2D eigenvalue weighted by atomic mass is 9.49. The quantitative estimate of drug-likeness (QED) is 0.0902. The van der Waals surface area contributed by atoms with E-state index in [1.165, 1.54) is 36.4 Å². The van der Waals surface area contributed by atoms with Crippen molar-refractivity contribution in [1.29, 1.82) is 0 Å². The molecule has 2 aliphatic heterocycles. The topological polar surface area (TPSA) is 120 Å². The van der Waals surface area contributed by atoms with Crippen LogP contribution in [0.4, 0.5) is 29.1 Å². The minimum atomic E-state index is -4.78. The molecule has 2 N–H and O–H groups in total. The first-order valence-electron chi connectivity index (χ1n) is 16.6. The zero-order valence-electron chi connectivity index (χ0n) is 27.5. The van der Waals surface area contributed by atoms with Crippen molar-refractivity contribution in [3.8, 4) is 5.75 Å². The summed E-state index contributed by atoms with van der Waals surface area (Å²) in [5.41, 5.74) is 0.465. The van der Waals surface area contributed by atoms with Crippen LogP contribution < -0.4 is 10.3 Å². The number of amides is 4. The first-order valence-corrected chi connectivity index (χ1v) is 18.4. The molecule has 3 aromatic carbocycles. The Morgan fingerprint density at radius 1 is 0.926 bits per heavy atom. The van der Waals surface area contributed by atoms with E-state index in [-0.39, 0.29) is 24.0 Å². The molecule has 2 saturated heterocycles. The average Bonchev–Trinajstić information content (AvgIpc) is 3.51. The second-order valence-corrected chi connectivity index (χ2v) is 15.7. The van der Waals surface area contributed by atoms with Gasteiger partial charge < -0.3 is 5.11 Å². The van der Waals surface area contributed by atoms with Crippen molar-refractivity contribution in [3.05, 3.63) is 127 Å². The fraction of sp³-hybridized carbons (Fsp3) is 0.237. The molecule has 276 valence electrons. The van der Waals surface area contributed by atoms with Crippen LogP contribution in [-0.2, 0) is 30.8 Å². The molecule has 6 atom stereocenters. The summed E-state index contributed by atoms with van der Waals surface area (Å²) >= 11 is 14.6. The third-order valence-electron chi connectivity index (χ3n) is 11.0. The van der Waals surface area contributed by atoms with Gasteiger partial charge in [-0.3, -0.25) is 29.5 Å². The standard InChI is InChI=1S/C38H25Cl2F4IN4O5/c39-19-6-4-17(5-7-19)37-26(34(52)49(36(37)54)47-32-27(40)14-18(16-46-32)38(42,43)44)15-25-22(30(37)24-2-1-3-28(41)31(24)50)12-13-23-29(25)35(53)48(33(23)51)21-10-8-20(45)9-11-21/h1-12,14,16,23,25-26,29-30,50H,13,15H2,(H,46,47). The highest BCUT2D eigenvalue weighted by Crippen LogP contribution is 2.65. The number of nitrogens with zero attached hydrogens (tertiary/aromatic N) is 3. The molecule has 0 spiro atoms. The number of fused-ring (bicyclic) bond motifs is 4. The second-order valence-electron chi connectivity index (χ2n) is 13.6. The molecule has 3 heterocycles. The highest BCUT2D eigenvalue weighted by Gasteiger charge is 2.71. The number of rotatable bonds is 5. The number of hydrogen-bond donors (Lipinski definition) is 2. The molecule has 9 nitrogen and oxygen atoms in total. The number of imide groups is 2. The number of halogens is 7. The van der Waals surface area contributed by atoms with E-state index in [4.69, 9.17) is 23.2 Å². The first-order chi connectivity index (χ1) is 25.6. The molecule has 1 aromatic heterocycles. The van der Waals surface area contributed by atoms with Gasteiger partial charge in [-0.25, -0.2) is 9.37 Å². The summed E-state index contributed by atoms with van der Waals surface area (Å²) in [5.74, 6) is -10.1. The van der Waals surface area contributed by atoms with Crippen molar-refractivity contribution in [2.24, 2.45) is 23.7 Å². The Morgan fingerprint density at radius 3 is 2.30 bits per heavy atom. The van der Waals surface area contributed by atoms with Crippen LogP contribution in [0.15, 0.2) is 90.6 Å². The molecule has 6 unspecified atom stereocenters. The lowest BCUT2D eigenvalue weighted by molar-refractivity contribution is -0.139. The van der Waals surface area contributed by atoms with Crippen molar-refractivity contribution in [3.63, 3.8) is 0 Å². The Labute approximate surface area is 328 Å². The van der Waals surface area contributed by atoms with Crippen LogP contribution in [0, 0.1) is 33.1 Å². The maximum atomic E-state index is 15.3. The summed E-state index contributed by atoms with van der Waals surface area (Å²) in [5, 5.41) is 11.7. The second kappa shape index (κ2) is 13.0. The van der Waals surface area contributed by atoms with E-state index in [1.54, 1.807) is 30.3 Å². The van der Waals surface area contributed by atoms with E-state index in [1.807, 2.05) is 0 Å². The van der Waals surface area contributed by atoms with Gasteiger partial charge in [-0.05, 0) is 95.4 Å². The van der Waals surface area contributed by atoms with Crippen molar-refractivity contribution >= 4 is 80.9 Å². The molecule has 4 aromatic rings. The Hall–Kier alpha value is -4.54. The maximum Gasteiger partial charge on any atom is 0.417 e. The van der Waals surface area contributed by atoms with Gasteiger partial charge in [0.2, 0.25) is 11.8 Å². The number of nitrogens with one attached hydrogen (secondary N) is 1. The van der Waals surface area contributed by atoms with Gasteiger partial charge in [0.25, 0.3) is 11.8 Å². The van der Waals surface area contributed by atoms with Crippen LogP contribution >= 0.6 is 45.8 Å². The minimum Gasteiger partial charge on any atom is -0.505 e. The molecule has 2 aliphatic carbocycles. The minimum absolute atomic E-state index is 0.0516. The third-order valence-corrected chi connectivity index (χ3v) is 12.2. The number of aromatic nitrogens is 1. The highest BCUT2D eigenvalue weighted by atomic mass is 127. The van der Waals surface area contributed by atoms with Crippen LogP contribution in [0.2, 0.25) is 10.0 Å². The zero-order valence-corrected chi connectivity index (χ0v) is 31.1. The van der Waals surface area contributed by atoms with Crippen molar-refractivity contribution in [1.82, 2.24) is 9.99 Å². The van der Waals surface area contributed by atoms with Crippen LogP contribution in [0.3, 0.4) is 0 Å². The van der Waals surface area contributed by atoms with Gasteiger partial charge in [0.05, 0.1) is 39.4 Å². The molecule has 4 aliphatic rings. The Morgan fingerprint density at radius 2 is 1.63 bits per heavy atom. The Kier molecular flexibility index (Phi) is 8.80. The predicted octanol–water partition coefficient (Wildman–Crippen LogP) is 8.05. The summed E-state index contributed by atoms with van der Waals surface area (Å²) in [6.45, 7) is 0. The molecular weight excluding hydrogens is 866 g/mol. The fourth-order valence-corrected chi connectivity index (χ4v) is 9.43. The maximum absolute atomic E-state index is 15.3. The fourth-order valence-electron chi connectivity index (χ4n) is 8.74. The number of para-hydroxylation sites is 1. The number of allylic oxidation sites excluding steroid dienone is 2. The summed E-state index contributed by atoms with van der Waals surface area (Å²) in [7, 11) is 0. The number of carbonyl (C=O) groups excluding carboxylic acids is 4. The van der Waals surface area contributed by atoms with Crippen LogP contribution in [0.5, 0.6) is 5.75 Å². The molecule has 4 amide bonds. The number of phenolic OH excluding ortho intramolecular Hbond substituents is 1. The largest absolute Gasteiger partial charge is 0.505 e. The van der Waals surface area contributed by atoms with Crippen LogP contribution in [-0.4, -0.2) is 38.7 Å². The van der Waals surface area contributed by atoms with Crippen LogP contribution in [0.1, 0.15) is 35.4 Å². The van der Waals surface area contributed by atoms with Crippen molar-refractivity contribution < 1.29 is 41.8 Å². The van der Waals surface area contributed by atoms with Gasteiger partial charge >= 0.3 is 6.18 Å².